The third-order valence-corrected chi connectivity index (χ3v) is 3.29. The molecule has 0 aromatic heterocycles. The highest BCUT2D eigenvalue weighted by Gasteiger charge is 2.16. The van der Waals surface area contributed by atoms with Crippen molar-refractivity contribution in [1.82, 2.24) is 0 Å². The van der Waals surface area contributed by atoms with Crippen LogP contribution in [0, 0.1) is 11.6 Å². The number of hydrogen-bond donors (Lipinski definition) is 2. The standard InChI is InChI=1S/C14H8BrF2NO3/c15-11-6-8(17)1-3-9(11)13(19)18-12-4-2-7(16)5-10(12)14(20)21/h1-6H,(H,18,19)(H,20,21). The second kappa shape index (κ2) is 6.01. The summed E-state index contributed by atoms with van der Waals surface area (Å²) in [6.07, 6.45) is 0. The fourth-order valence-corrected chi connectivity index (χ4v) is 2.20. The molecule has 2 aromatic carbocycles. The molecule has 1 amide bonds. The van der Waals surface area contributed by atoms with E-state index < -0.39 is 23.5 Å². The molecule has 0 aliphatic heterocycles. The fourth-order valence-electron chi connectivity index (χ4n) is 1.67. The summed E-state index contributed by atoms with van der Waals surface area (Å²) in [6, 6.07) is 6.44. The van der Waals surface area contributed by atoms with Crippen LogP contribution in [0.2, 0.25) is 0 Å². The molecule has 0 aliphatic carbocycles. The number of halogens is 3. The maximum atomic E-state index is 13.1. The van der Waals surface area contributed by atoms with Gasteiger partial charge in [-0.3, -0.25) is 4.79 Å². The molecule has 0 radical (unpaired) electrons. The van der Waals surface area contributed by atoms with Crippen LogP contribution in [-0.2, 0) is 0 Å². The lowest BCUT2D eigenvalue weighted by molar-refractivity contribution is 0.0697. The van der Waals surface area contributed by atoms with Gasteiger partial charge in [0.1, 0.15) is 11.6 Å². The van der Waals surface area contributed by atoms with E-state index in [9.17, 15) is 18.4 Å². The van der Waals surface area contributed by atoms with Gasteiger partial charge in [0, 0.05) is 4.47 Å². The summed E-state index contributed by atoms with van der Waals surface area (Å²) >= 11 is 3.04. The molecule has 0 aliphatic rings. The average molecular weight is 356 g/mol. The monoisotopic (exact) mass is 355 g/mol. The lowest BCUT2D eigenvalue weighted by atomic mass is 10.1. The zero-order valence-electron chi connectivity index (χ0n) is 10.4. The van der Waals surface area contributed by atoms with Crippen LogP contribution >= 0.6 is 15.9 Å². The number of carboxylic acid groups (broad SMARTS) is 1. The summed E-state index contributed by atoms with van der Waals surface area (Å²) < 4.78 is 26.2. The van der Waals surface area contributed by atoms with Crippen LogP contribution in [0.3, 0.4) is 0 Å². The second-order valence-electron chi connectivity index (χ2n) is 4.07. The number of nitrogens with one attached hydrogen (secondary N) is 1. The van der Waals surface area contributed by atoms with Gasteiger partial charge in [-0.15, -0.1) is 0 Å². The Morgan fingerprint density at radius 1 is 1.00 bits per heavy atom. The Kier molecular flexibility index (Phi) is 4.32. The van der Waals surface area contributed by atoms with Crippen molar-refractivity contribution in [3.63, 3.8) is 0 Å². The van der Waals surface area contributed by atoms with Crippen LogP contribution in [-0.4, -0.2) is 17.0 Å². The number of anilines is 1. The van der Waals surface area contributed by atoms with Gasteiger partial charge in [-0.25, -0.2) is 13.6 Å². The van der Waals surface area contributed by atoms with Crippen LogP contribution in [0.25, 0.3) is 0 Å². The van der Waals surface area contributed by atoms with Crippen molar-refractivity contribution in [2.75, 3.05) is 5.32 Å². The molecule has 21 heavy (non-hydrogen) atoms. The van der Waals surface area contributed by atoms with Gasteiger partial charge in [0.25, 0.3) is 5.91 Å². The summed E-state index contributed by atoms with van der Waals surface area (Å²) in [5.74, 6) is -3.27. The zero-order valence-corrected chi connectivity index (χ0v) is 11.9. The van der Waals surface area contributed by atoms with Crippen LogP contribution in [0.5, 0.6) is 0 Å². The first kappa shape index (κ1) is 15.1. The molecule has 7 heteroatoms. The van der Waals surface area contributed by atoms with E-state index in [0.29, 0.717) is 0 Å². The maximum absolute atomic E-state index is 13.1. The summed E-state index contributed by atoms with van der Waals surface area (Å²) in [4.78, 5) is 23.1. The number of aromatic carboxylic acids is 1. The smallest absolute Gasteiger partial charge is 0.337 e. The largest absolute Gasteiger partial charge is 0.478 e. The van der Waals surface area contributed by atoms with Gasteiger partial charge in [0.2, 0.25) is 0 Å². The van der Waals surface area contributed by atoms with E-state index in [1.165, 1.54) is 6.07 Å². The summed E-state index contributed by atoms with van der Waals surface area (Å²) in [5.41, 5.74) is -0.302. The second-order valence-corrected chi connectivity index (χ2v) is 4.93. The molecular formula is C14H8BrF2NO3. The quantitative estimate of drug-likeness (QED) is 0.882. The van der Waals surface area contributed by atoms with Crippen molar-refractivity contribution < 1.29 is 23.5 Å². The van der Waals surface area contributed by atoms with Crippen molar-refractivity contribution in [3.8, 4) is 0 Å². The molecule has 0 atom stereocenters. The minimum absolute atomic E-state index is 0.0508. The predicted molar refractivity (Wildman–Crippen MR) is 75.4 cm³/mol. The Morgan fingerprint density at radius 2 is 1.62 bits per heavy atom. The minimum atomic E-state index is -1.37. The molecule has 0 fully saturated rings. The number of hydrogen-bond acceptors (Lipinski definition) is 2. The Morgan fingerprint density at radius 3 is 2.24 bits per heavy atom. The summed E-state index contributed by atoms with van der Waals surface area (Å²) in [7, 11) is 0. The van der Waals surface area contributed by atoms with Crippen molar-refractivity contribution in [3.05, 3.63) is 63.6 Å². The number of carbonyl (C=O) groups is 2. The van der Waals surface area contributed by atoms with Crippen molar-refractivity contribution >= 4 is 33.5 Å². The molecule has 0 unspecified atom stereocenters. The molecule has 0 spiro atoms. The third kappa shape index (κ3) is 3.43. The highest BCUT2D eigenvalue weighted by Crippen LogP contribution is 2.22. The van der Waals surface area contributed by atoms with E-state index >= 15 is 0 Å². The minimum Gasteiger partial charge on any atom is -0.478 e. The average Bonchev–Trinajstić information content (AvgIpc) is 2.40. The van der Waals surface area contributed by atoms with Crippen LogP contribution in [0.1, 0.15) is 20.7 Å². The zero-order chi connectivity index (χ0) is 15.6. The van der Waals surface area contributed by atoms with Gasteiger partial charge < -0.3 is 10.4 Å². The van der Waals surface area contributed by atoms with Gasteiger partial charge in [0.15, 0.2) is 0 Å². The van der Waals surface area contributed by atoms with E-state index in [4.69, 9.17) is 5.11 Å². The van der Waals surface area contributed by atoms with E-state index in [2.05, 4.69) is 21.2 Å². The van der Waals surface area contributed by atoms with E-state index in [1.54, 1.807) is 0 Å². The fraction of sp³-hybridized carbons (Fsp3) is 0. The third-order valence-electron chi connectivity index (χ3n) is 2.64. The van der Waals surface area contributed by atoms with Gasteiger partial charge in [-0.1, -0.05) is 0 Å². The Bertz CT molecular complexity index is 734. The van der Waals surface area contributed by atoms with Gasteiger partial charge in [0.05, 0.1) is 16.8 Å². The van der Waals surface area contributed by atoms with Crippen molar-refractivity contribution in [2.24, 2.45) is 0 Å². The molecule has 2 N–H and O–H groups in total. The van der Waals surface area contributed by atoms with Crippen LogP contribution < -0.4 is 5.32 Å². The summed E-state index contributed by atoms with van der Waals surface area (Å²) in [5, 5.41) is 11.3. The van der Waals surface area contributed by atoms with Gasteiger partial charge in [-0.2, -0.15) is 0 Å². The van der Waals surface area contributed by atoms with Crippen molar-refractivity contribution in [2.45, 2.75) is 0 Å². The predicted octanol–water partition coefficient (Wildman–Crippen LogP) is 3.68. The number of carboxylic acids is 1. The molecule has 0 bridgehead atoms. The Balaban J connectivity index is 2.34. The molecular weight excluding hydrogens is 348 g/mol. The molecule has 2 aromatic rings. The maximum Gasteiger partial charge on any atom is 0.337 e. The number of benzene rings is 2. The highest BCUT2D eigenvalue weighted by molar-refractivity contribution is 9.10. The number of carbonyl (C=O) groups excluding carboxylic acids is 1. The van der Waals surface area contributed by atoms with Gasteiger partial charge in [-0.05, 0) is 52.3 Å². The highest BCUT2D eigenvalue weighted by atomic mass is 79.9. The SMILES string of the molecule is O=C(Nc1ccc(F)cc1C(=O)O)c1ccc(F)cc1Br. The van der Waals surface area contributed by atoms with Crippen molar-refractivity contribution in [1.29, 1.82) is 0 Å². The number of amides is 1. The molecule has 4 nitrogen and oxygen atoms in total. The van der Waals surface area contributed by atoms with Gasteiger partial charge >= 0.3 is 5.97 Å². The molecule has 2 rings (SSSR count). The first-order valence-corrected chi connectivity index (χ1v) is 6.47. The first-order valence-electron chi connectivity index (χ1n) is 5.67. The lowest BCUT2D eigenvalue weighted by Crippen LogP contribution is -2.15. The first-order chi connectivity index (χ1) is 9.88. The van der Waals surface area contributed by atoms with Crippen LogP contribution in [0.15, 0.2) is 40.9 Å². The Hall–Kier alpha value is -2.28. The van der Waals surface area contributed by atoms with E-state index in [-0.39, 0.29) is 21.3 Å². The molecule has 0 heterocycles. The summed E-state index contributed by atoms with van der Waals surface area (Å²) in [6.45, 7) is 0. The normalized spacial score (nSPS) is 10.2. The molecule has 0 saturated carbocycles. The lowest BCUT2D eigenvalue weighted by Gasteiger charge is -2.09. The topological polar surface area (TPSA) is 66.4 Å². The van der Waals surface area contributed by atoms with Crippen LogP contribution in [0.4, 0.5) is 14.5 Å². The van der Waals surface area contributed by atoms with E-state index in [0.717, 1.165) is 30.3 Å². The molecule has 108 valence electrons. The number of rotatable bonds is 3. The van der Waals surface area contributed by atoms with E-state index in [1.807, 2.05) is 0 Å². The Labute approximate surface area is 126 Å². The molecule has 0 saturated heterocycles.